The molecule has 0 spiro atoms. The zero-order chi connectivity index (χ0) is 9.26. The average Bonchev–Trinajstić information content (AvgIpc) is 2.53. The van der Waals surface area contributed by atoms with Crippen molar-refractivity contribution in [2.45, 2.75) is 6.29 Å². The Labute approximate surface area is 83.8 Å². The van der Waals surface area contributed by atoms with E-state index in [-0.39, 0.29) is 5.82 Å². The van der Waals surface area contributed by atoms with Crippen LogP contribution in [-0.2, 0) is 9.47 Å². The van der Waals surface area contributed by atoms with E-state index in [4.69, 9.17) is 9.47 Å². The second-order valence-electron chi connectivity index (χ2n) is 2.78. The highest BCUT2D eigenvalue weighted by Crippen LogP contribution is 2.26. The number of hydrogen-bond donors (Lipinski definition) is 0. The molecule has 0 N–H and O–H groups in total. The van der Waals surface area contributed by atoms with Crippen LogP contribution in [0.3, 0.4) is 0 Å². The fourth-order valence-electron chi connectivity index (χ4n) is 1.26. The fourth-order valence-corrected chi connectivity index (χ4v) is 1.75. The van der Waals surface area contributed by atoms with Crippen molar-refractivity contribution in [3.63, 3.8) is 0 Å². The molecule has 1 fully saturated rings. The lowest BCUT2D eigenvalue weighted by Gasteiger charge is -2.09. The standard InChI is InChI=1S/C9H8BrFO2/c10-7-3-6(4-8(11)5-7)9-12-1-2-13-9/h3-5,9H,1-2H2. The van der Waals surface area contributed by atoms with Gasteiger partial charge in [0.05, 0.1) is 13.2 Å². The fraction of sp³-hybridized carbons (Fsp3) is 0.333. The lowest BCUT2D eigenvalue weighted by atomic mass is 10.2. The Bertz CT molecular complexity index is 290. The zero-order valence-corrected chi connectivity index (χ0v) is 8.38. The normalized spacial score (nSPS) is 18.0. The zero-order valence-electron chi connectivity index (χ0n) is 6.80. The van der Waals surface area contributed by atoms with Crippen LogP contribution in [0, 0.1) is 5.82 Å². The molecule has 1 aromatic carbocycles. The molecule has 2 nitrogen and oxygen atoms in total. The second kappa shape index (κ2) is 3.74. The van der Waals surface area contributed by atoms with Crippen LogP contribution in [0.1, 0.15) is 11.9 Å². The first-order valence-corrected chi connectivity index (χ1v) is 4.74. The van der Waals surface area contributed by atoms with Crippen LogP contribution in [0.5, 0.6) is 0 Å². The Hall–Kier alpha value is -0.450. The lowest BCUT2D eigenvalue weighted by Crippen LogP contribution is -1.98. The van der Waals surface area contributed by atoms with Crippen molar-refractivity contribution >= 4 is 15.9 Å². The van der Waals surface area contributed by atoms with Gasteiger partial charge in [0.2, 0.25) is 0 Å². The number of hydrogen-bond acceptors (Lipinski definition) is 2. The van der Waals surface area contributed by atoms with E-state index in [9.17, 15) is 4.39 Å². The van der Waals surface area contributed by atoms with Crippen LogP contribution in [-0.4, -0.2) is 13.2 Å². The van der Waals surface area contributed by atoms with E-state index < -0.39 is 6.29 Å². The van der Waals surface area contributed by atoms with E-state index in [1.807, 2.05) is 0 Å². The number of benzene rings is 1. The molecule has 0 atom stereocenters. The van der Waals surface area contributed by atoms with Gasteiger partial charge >= 0.3 is 0 Å². The molecule has 2 rings (SSSR count). The van der Waals surface area contributed by atoms with Gasteiger partial charge in [-0.25, -0.2) is 4.39 Å². The maximum atomic E-state index is 12.9. The molecule has 1 aliphatic heterocycles. The Morgan fingerprint density at radius 1 is 1.23 bits per heavy atom. The van der Waals surface area contributed by atoms with Crippen LogP contribution in [0.25, 0.3) is 0 Å². The first kappa shape index (κ1) is 9.12. The van der Waals surface area contributed by atoms with Crippen molar-refractivity contribution in [3.05, 3.63) is 34.1 Å². The minimum Gasteiger partial charge on any atom is -0.346 e. The maximum absolute atomic E-state index is 12.9. The molecule has 1 aromatic rings. The van der Waals surface area contributed by atoms with Crippen LogP contribution in [0.2, 0.25) is 0 Å². The van der Waals surface area contributed by atoms with E-state index in [2.05, 4.69) is 15.9 Å². The molecule has 1 saturated heterocycles. The highest BCUT2D eigenvalue weighted by Gasteiger charge is 2.18. The lowest BCUT2D eigenvalue weighted by molar-refractivity contribution is -0.0443. The summed E-state index contributed by atoms with van der Waals surface area (Å²) in [7, 11) is 0. The SMILES string of the molecule is Fc1cc(Br)cc(C2OCCO2)c1. The predicted molar refractivity (Wildman–Crippen MR) is 48.7 cm³/mol. The Kier molecular flexibility index (Phi) is 2.62. The van der Waals surface area contributed by atoms with Gasteiger partial charge in [-0.05, 0) is 18.2 Å². The van der Waals surface area contributed by atoms with Gasteiger partial charge in [-0.3, -0.25) is 0 Å². The minimum absolute atomic E-state index is 0.288. The summed E-state index contributed by atoms with van der Waals surface area (Å²) in [5.74, 6) is -0.288. The summed E-state index contributed by atoms with van der Waals surface area (Å²) >= 11 is 3.21. The summed E-state index contributed by atoms with van der Waals surface area (Å²) in [5.41, 5.74) is 0.712. The average molecular weight is 247 g/mol. The minimum atomic E-state index is -0.410. The van der Waals surface area contributed by atoms with Gasteiger partial charge < -0.3 is 9.47 Å². The molecule has 70 valence electrons. The molecule has 0 radical (unpaired) electrons. The highest BCUT2D eigenvalue weighted by atomic mass is 79.9. The summed E-state index contributed by atoms with van der Waals surface area (Å²) < 4.78 is 24.1. The number of rotatable bonds is 1. The summed E-state index contributed by atoms with van der Waals surface area (Å²) in [6, 6.07) is 4.61. The second-order valence-corrected chi connectivity index (χ2v) is 3.69. The van der Waals surface area contributed by atoms with Crippen molar-refractivity contribution in [3.8, 4) is 0 Å². The molecule has 0 aromatic heterocycles. The first-order valence-electron chi connectivity index (χ1n) is 3.95. The largest absolute Gasteiger partial charge is 0.346 e. The Morgan fingerprint density at radius 2 is 1.92 bits per heavy atom. The van der Waals surface area contributed by atoms with E-state index in [1.54, 1.807) is 6.07 Å². The van der Waals surface area contributed by atoms with E-state index >= 15 is 0 Å². The molecule has 1 heterocycles. The Balaban J connectivity index is 2.28. The van der Waals surface area contributed by atoms with Crippen molar-refractivity contribution in [1.29, 1.82) is 0 Å². The van der Waals surface area contributed by atoms with E-state index in [0.717, 1.165) is 0 Å². The van der Waals surface area contributed by atoms with Crippen molar-refractivity contribution < 1.29 is 13.9 Å². The highest BCUT2D eigenvalue weighted by molar-refractivity contribution is 9.10. The topological polar surface area (TPSA) is 18.5 Å². The third-order valence-electron chi connectivity index (χ3n) is 1.78. The summed E-state index contributed by atoms with van der Waals surface area (Å²) in [5, 5.41) is 0. The Morgan fingerprint density at radius 3 is 2.54 bits per heavy atom. The van der Waals surface area contributed by atoms with Gasteiger partial charge in [-0.2, -0.15) is 0 Å². The van der Waals surface area contributed by atoms with E-state index in [1.165, 1.54) is 12.1 Å². The van der Waals surface area contributed by atoms with Gasteiger partial charge in [-0.1, -0.05) is 15.9 Å². The molecular weight excluding hydrogens is 239 g/mol. The summed E-state index contributed by atoms with van der Waals surface area (Å²) in [4.78, 5) is 0. The third-order valence-corrected chi connectivity index (χ3v) is 2.24. The maximum Gasteiger partial charge on any atom is 0.184 e. The van der Waals surface area contributed by atoms with Crippen LogP contribution >= 0.6 is 15.9 Å². The van der Waals surface area contributed by atoms with Crippen LogP contribution in [0.4, 0.5) is 4.39 Å². The summed E-state index contributed by atoms with van der Waals surface area (Å²) in [6.07, 6.45) is -0.410. The van der Waals surface area contributed by atoms with E-state index in [0.29, 0.717) is 23.2 Å². The molecule has 1 aliphatic rings. The van der Waals surface area contributed by atoms with Gasteiger partial charge in [0.15, 0.2) is 6.29 Å². The first-order chi connectivity index (χ1) is 6.25. The van der Waals surface area contributed by atoms with Crippen LogP contribution < -0.4 is 0 Å². The van der Waals surface area contributed by atoms with Crippen molar-refractivity contribution in [2.24, 2.45) is 0 Å². The molecule has 0 aliphatic carbocycles. The molecule has 0 amide bonds. The van der Waals surface area contributed by atoms with Gasteiger partial charge in [0.1, 0.15) is 5.82 Å². The van der Waals surface area contributed by atoms with Gasteiger partial charge in [-0.15, -0.1) is 0 Å². The monoisotopic (exact) mass is 246 g/mol. The van der Waals surface area contributed by atoms with Crippen LogP contribution in [0.15, 0.2) is 22.7 Å². The molecule has 13 heavy (non-hydrogen) atoms. The van der Waals surface area contributed by atoms with Crippen molar-refractivity contribution in [1.82, 2.24) is 0 Å². The quantitative estimate of drug-likeness (QED) is 0.759. The molecular formula is C9H8BrFO2. The predicted octanol–water partition coefficient (Wildman–Crippen LogP) is 2.63. The molecule has 0 unspecified atom stereocenters. The molecule has 0 saturated carbocycles. The number of halogens is 2. The molecule has 4 heteroatoms. The van der Waals surface area contributed by atoms with Crippen molar-refractivity contribution in [2.75, 3.05) is 13.2 Å². The number of ether oxygens (including phenoxy) is 2. The molecule has 0 bridgehead atoms. The van der Waals surface area contributed by atoms with Gasteiger partial charge in [0.25, 0.3) is 0 Å². The summed E-state index contributed by atoms with van der Waals surface area (Å²) in [6.45, 7) is 1.14. The van der Waals surface area contributed by atoms with Gasteiger partial charge in [0, 0.05) is 10.0 Å². The third kappa shape index (κ3) is 2.07. The smallest absolute Gasteiger partial charge is 0.184 e.